The van der Waals surface area contributed by atoms with Crippen LogP contribution in [0.4, 0.5) is 4.79 Å². The van der Waals surface area contributed by atoms with Crippen LogP contribution >= 0.6 is 0 Å². The van der Waals surface area contributed by atoms with Crippen LogP contribution in [0.1, 0.15) is 22.8 Å². The Balaban J connectivity index is 2.07. The molecule has 7 heteroatoms. The summed E-state index contributed by atoms with van der Waals surface area (Å²) < 4.78 is 4.81. The summed E-state index contributed by atoms with van der Waals surface area (Å²) in [5, 5.41) is 2.42. The molecular formula is C14H14N2O5. The molecule has 3 amide bonds. The van der Waals surface area contributed by atoms with E-state index in [1.54, 1.807) is 12.1 Å². The maximum absolute atomic E-state index is 11.7. The molecule has 1 heterocycles. The highest BCUT2D eigenvalue weighted by molar-refractivity contribution is 6.01. The monoisotopic (exact) mass is 290 g/mol. The first-order valence-electron chi connectivity index (χ1n) is 6.31. The third-order valence-corrected chi connectivity index (χ3v) is 2.85. The molecule has 1 aliphatic heterocycles. The summed E-state index contributed by atoms with van der Waals surface area (Å²) in [6.45, 7) is 1.11. The standard InChI is InChI=1S/C14H14N2O5/c1-9(17)8-21-13(19)11-4-2-3-10(5-11)7-16-12(18)6-15-14(16)20/h2-5H,6-8H2,1H3,(H,15,20). The summed E-state index contributed by atoms with van der Waals surface area (Å²) in [5.74, 6) is -1.19. The highest BCUT2D eigenvalue weighted by Crippen LogP contribution is 2.12. The first kappa shape index (κ1) is 14.7. The molecule has 0 aliphatic carbocycles. The lowest BCUT2D eigenvalue weighted by Gasteiger charge is -2.12. The smallest absolute Gasteiger partial charge is 0.338 e. The second-order valence-corrected chi connectivity index (χ2v) is 4.62. The molecule has 1 aromatic carbocycles. The van der Waals surface area contributed by atoms with Crippen molar-refractivity contribution in [3.8, 4) is 0 Å². The van der Waals surface area contributed by atoms with Crippen LogP contribution in [0.5, 0.6) is 0 Å². The van der Waals surface area contributed by atoms with Gasteiger partial charge in [0, 0.05) is 0 Å². The minimum atomic E-state index is -0.621. The highest BCUT2D eigenvalue weighted by atomic mass is 16.5. The fraction of sp³-hybridized carbons (Fsp3) is 0.286. The number of urea groups is 1. The molecule has 0 unspecified atom stereocenters. The van der Waals surface area contributed by atoms with Crippen LogP contribution in [0.2, 0.25) is 0 Å². The summed E-state index contributed by atoms with van der Waals surface area (Å²) in [5.41, 5.74) is 0.887. The molecule has 21 heavy (non-hydrogen) atoms. The van der Waals surface area contributed by atoms with E-state index in [9.17, 15) is 19.2 Å². The third-order valence-electron chi connectivity index (χ3n) is 2.85. The van der Waals surface area contributed by atoms with Gasteiger partial charge < -0.3 is 10.1 Å². The van der Waals surface area contributed by atoms with Crippen molar-refractivity contribution < 1.29 is 23.9 Å². The first-order valence-corrected chi connectivity index (χ1v) is 6.31. The van der Waals surface area contributed by atoms with Gasteiger partial charge in [-0.25, -0.2) is 9.59 Å². The molecule has 1 aromatic rings. The molecule has 2 rings (SSSR count). The predicted molar refractivity (Wildman–Crippen MR) is 71.4 cm³/mol. The van der Waals surface area contributed by atoms with E-state index in [1.807, 2.05) is 0 Å². The second kappa shape index (κ2) is 6.17. The van der Waals surface area contributed by atoms with Gasteiger partial charge in [-0.05, 0) is 24.6 Å². The molecule has 0 radical (unpaired) electrons. The Morgan fingerprint density at radius 2 is 2.10 bits per heavy atom. The molecule has 1 aliphatic rings. The van der Waals surface area contributed by atoms with Crippen molar-refractivity contribution >= 4 is 23.7 Å². The molecule has 0 saturated carbocycles. The SMILES string of the molecule is CC(=O)COC(=O)c1cccc(CN2C(=O)CNC2=O)c1. The van der Waals surface area contributed by atoms with Gasteiger partial charge in [-0.2, -0.15) is 0 Å². The van der Waals surface area contributed by atoms with Gasteiger partial charge in [0.05, 0.1) is 18.7 Å². The van der Waals surface area contributed by atoms with Crippen LogP contribution < -0.4 is 5.32 Å². The Hall–Kier alpha value is -2.70. The number of amides is 3. The summed E-state index contributed by atoms with van der Waals surface area (Å²) in [7, 11) is 0. The zero-order valence-corrected chi connectivity index (χ0v) is 11.4. The van der Waals surface area contributed by atoms with E-state index in [0.717, 1.165) is 4.90 Å². The van der Waals surface area contributed by atoms with Crippen molar-refractivity contribution in [3.05, 3.63) is 35.4 Å². The average Bonchev–Trinajstić information content (AvgIpc) is 2.77. The number of carbonyl (C=O) groups is 4. The van der Waals surface area contributed by atoms with E-state index in [1.165, 1.54) is 19.1 Å². The zero-order chi connectivity index (χ0) is 15.4. The molecule has 1 saturated heterocycles. The largest absolute Gasteiger partial charge is 0.454 e. The minimum absolute atomic E-state index is 0.0147. The van der Waals surface area contributed by atoms with Crippen molar-refractivity contribution in [1.29, 1.82) is 0 Å². The second-order valence-electron chi connectivity index (χ2n) is 4.62. The minimum Gasteiger partial charge on any atom is -0.454 e. The van der Waals surface area contributed by atoms with Crippen LogP contribution in [-0.4, -0.2) is 41.7 Å². The maximum Gasteiger partial charge on any atom is 0.338 e. The number of nitrogens with zero attached hydrogens (tertiary/aromatic N) is 1. The van der Waals surface area contributed by atoms with Crippen LogP contribution in [0.15, 0.2) is 24.3 Å². The van der Waals surface area contributed by atoms with Gasteiger partial charge in [-0.3, -0.25) is 14.5 Å². The Kier molecular flexibility index (Phi) is 4.32. The predicted octanol–water partition coefficient (Wildman–Crippen LogP) is 0.484. The van der Waals surface area contributed by atoms with Crippen LogP contribution in [0.25, 0.3) is 0 Å². The molecule has 0 atom stereocenters. The number of Topliss-reactive ketones (excluding diaryl/α,β-unsaturated/α-hetero) is 1. The summed E-state index contributed by atoms with van der Waals surface area (Å²) in [6.07, 6.45) is 0. The molecule has 7 nitrogen and oxygen atoms in total. The first-order chi connectivity index (χ1) is 9.97. The van der Waals surface area contributed by atoms with E-state index < -0.39 is 12.0 Å². The number of nitrogens with one attached hydrogen (secondary N) is 1. The average molecular weight is 290 g/mol. The van der Waals surface area contributed by atoms with E-state index >= 15 is 0 Å². The number of ether oxygens (including phenoxy) is 1. The lowest BCUT2D eigenvalue weighted by Crippen LogP contribution is -2.30. The zero-order valence-electron chi connectivity index (χ0n) is 11.4. The molecule has 1 fully saturated rings. The molecule has 0 bridgehead atoms. The van der Waals surface area contributed by atoms with Crippen molar-refractivity contribution in [3.63, 3.8) is 0 Å². The third kappa shape index (κ3) is 3.65. The number of imide groups is 1. The summed E-state index contributed by atoms with van der Waals surface area (Å²) >= 11 is 0. The van der Waals surface area contributed by atoms with Crippen LogP contribution in [0.3, 0.4) is 0 Å². The van der Waals surface area contributed by atoms with Crippen molar-refractivity contribution in [2.75, 3.05) is 13.2 Å². The molecular weight excluding hydrogens is 276 g/mol. The number of ketones is 1. The number of hydrogen-bond acceptors (Lipinski definition) is 5. The van der Waals surface area contributed by atoms with Gasteiger partial charge in [0.1, 0.15) is 6.61 Å². The summed E-state index contributed by atoms with van der Waals surface area (Å²) in [4.78, 5) is 46.5. The van der Waals surface area contributed by atoms with E-state index in [4.69, 9.17) is 4.74 Å². The lowest BCUT2D eigenvalue weighted by atomic mass is 10.1. The van der Waals surface area contributed by atoms with E-state index in [0.29, 0.717) is 5.56 Å². The number of carbonyl (C=O) groups excluding carboxylic acids is 4. The number of esters is 1. The lowest BCUT2D eigenvalue weighted by molar-refractivity contribution is -0.125. The Bertz CT molecular complexity index is 595. The highest BCUT2D eigenvalue weighted by Gasteiger charge is 2.28. The number of rotatable bonds is 5. The van der Waals surface area contributed by atoms with Crippen molar-refractivity contribution in [2.45, 2.75) is 13.5 Å². The quantitative estimate of drug-likeness (QED) is 0.629. The van der Waals surface area contributed by atoms with Crippen molar-refractivity contribution in [2.24, 2.45) is 0 Å². The van der Waals surface area contributed by atoms with Gasteiger partial charge in [0.2, 0.25) is 5.91 Å². The van der Waals surface area contributed by atoms with E-state index in [-0.39, 0.29) is 37.0 Å². The molecule has 1 N–H and O–H groups in total. The topological polar surface area (TPSA) is 92.8 Å². The van der Waals surface area contributed by atoms with Gasteiger partial charge in [-0.15, -0.1) is 0 Å². The fourth-order valence-corrected chi connectivity index (χ4v) is 1.85. The van der Waals surface area contributed by atoms with Crippen molar-refractivity contribution in [1.82, 2.24) is 10.2 Å². The van der Waals surface area contributed by atoms with Gasteiger partial charge in [0.25, 0.3) is 0 Å². The number of hydrogen-bond donors (Lipinski definition) is 1. The Labute approximate surface area is 120 Å². The maximum atomic E-state index is 11.7. The van der Waals surface area contributed by atoms with E-state index in [2.05, 4.69) is 5.32 Å². The number of benzene rings is 1. The van der Waals surface area contributed by atoms with Crippen LogP contribution in [-0.2, 0) is 20.9 Å². The Morgan fingerprint density at radius 1 is 1.33 bits per heavy atom. The van der Waals surface area contributed by atoms with Gasteiger partial charge >= 0.3 is 12.0 Å². The van der Waals surface area contributed by atoms with Gasteiger partial charge in [0.15, 0.2) is 5.78 Å². The van der Waals surface area contributed by atoms with Crippen LogP contribution in [0, 0.1) is 0 Å². The normalized spacial score (nSPS) is 14.0. The fourth-order valence-electron chi connectivity index (χ4n) is 1.85. The summed E-state index contributed by atoms with van der Waals surface area (Å²) in [6, 6.07) is 5.93. The molecule has 0 aromatic heterocycles. The molecule has 0 spiro atoms. The Morgan fingerprint density at radius 3 is 2.71 bits per heavy atom. The van der Waals surface area contributed by atoms with Gasteiger partial charge in [-0.1, -0.05) is 12.1 Å². The molecule has 110 valence electrons.